The molecule has 1 aliphatic carbocycles. The first kappa shape index (κ1) is 11.7. The third kappa shape index (κ3) is 2.88. The van der Waals surface area contributed by atoms with Crippen LogP contribution in [0.2, 0.25) is 0 Å². The molecule has 2 aromatic heterocycles. The number of rotatable bonds is 6. The average molecular weight is 264 g/mol. The van der Waals surface area contributed by atoms with Crippen LogP contribution < -0.4 is 10.6 Å². The van der Waals surface area contributed by atoms with E-state index < -0.39 is 0 Å². The molecule has 3 rings (SSSR count). The number of nitrogens with one attached hydrogen (secondary N) is 2. The van der Waals surface area contributed by atoms with Crippen LogP contribution in [-0.2, 0) is 13.1 Å². The molecule has 18 heavy (non-hydrogen) atoms. The number of anilines is 1. The first-order valence-electron chi connectivity index (χ1n) is 6.14. The van der Waals surface area contributed by atoms with Crippen LogP contribution in [0.3, 0.4) is 0 Å². The maximum Gasteiger partial charge on any atom is 0.315 e. The third-order valence-corrected chi connectivity index (χ3v) is 3.98. The van der Waals surface area contributed by atoms with Crippen LogP contribution in [0.1, 0.15) is 29.2 Å². The maximum atomic E-state index is 5.51. The topological polar surface area (TPSA) is 63.0 Å². The van der Waals surface area contributed by atoms with Gasteiger partial charge >= 0.3 is 6.01 Å². The number of hydrogen-bond donors (Lipinski definition) is 2. The van der Waals surface area contributed by atoms with Gasteiger partial charge in [-0.05, 0) is 36.8 Å². The third-order valence-electron chi connectivity index (χ3n) is 2.95. The lowest BCUT2D eigenvalue weighted by molar-refractivity contribution is 0.476. The number of nitrogens with zero attached hydrogens (tertiary/aromatic N) is 2. The smallest absolute Gasteiger partial charge is 0.315 e. The Labute approximate surface area is 110 Å². The summed E-state index contributed by atoms with van der Waals surface area (Å²) >= 11 is 1.73. The predicted molar refractivity (Wildman–Crippen MR) is 70.5 cm³/mol. The van der Waals surface area contributed by atoms with Gasteiger partial charge < -0.3 is 15.1 Å². The van der Waals surface area contributed by atoms with Crippen LogP contribution in [-0.4, -0.2) is 16.2 Å². The van der Waals surface area contributed by atoms with E-state index >= 15 is 0 Å². The Morgan fingerprint density at radius 3 is 3.00 bits per heavy atom. The van der Waals surface area contributed by atoms with E-state index in [4.69, 9.17) is 4.42 Å². The van der Waals surface area contributed by atoms with Crippen LogP contribution >= 0.6 is 11.3 Å². The molecule has 0 aromatic carbocycles. The Bertz CT molecular complexity index is 518. The molecule has 0 atom stereocenters. The van der Waals surface area contributed by atoms with Gasteiger partial charge in [-0.2, -0.15) is 0 Å². The highest BCUT2D eigenvalue weighted by Gasteiger charge is 2.21. The Morgan fingerprint density at radius 2 is 2.28 bits per heavy atom. The average Bonchev–Trinajstić information content (AvgIpc) is 2.94. The van der Waals surface area contributed by atoms with Gasteiger partial charge in [0.25, 0.3) is 0 Å². The lowest BCUT2D eigenvalue weighted by Gasteiger charge is -2.00. The Kier molecular flexibility index (Phi) is 3.29. The fraction of sp³-hybridized carbons (Fsp3) is 0.500. The van der Waals surface area contributed by atoms with E-state index in [1.165, 1.54) is 23.3 Å². The van der Waals surface area contributed by atoms with E-state index in [0.29, 0.717) is 24.5 Å². The largest absolute Gasteiger partial charge is 0.407 e. The summed E-state index contributed by atoms with van der Waals surface area (Å²) in [4.78, 5) is 1.30. The zero-order valence-corrected chi connectivity index (χ0v) is 11.1. The molecule has 5 nitrogen and oxygen atoms in total. The van der Waals surface area contributed by atoms with Gasteiger partial charge in [-0.1, -0.05) is 5.10 Å². The summed E-state index contributed by atoms with van der Waals surface area (Å²) in [5, 5.41) is 16.6. The Morgan fingerprint density at radius 1 is 1.39 bits per heavy atom. The van der Waals surface area contributed by atoms with Crippen molar-refractivity contribution in [2.24, 2.45) is 0 Å². The van der Waals surface area contributed by atoms with Crippen LogP contribution in [0.25, 0.3) is 0 Å². The molecule has 0 aliphatic heterocycles. The minimum atomic E-state index is 0.496. The van der Waals surface area contributed by atoms with Crippen molar-refractivity contribution in [2.75, 3.05) is 5.32 Å². The van der Waals surface area contributed by atoms with Gasteiger partial charge in [0.15, 0.2) is 0 Å². The molecular formula is C12H16N4OS. The highest BCUT2D eigenvalue weighted by Crippen LogP contribution is 2.20. The van der Waals surface area contributed by atoms with Crippen molar-refractivity contribution >= 4 is 17.4 Å². The number of thiophene rings is 1. The van der Waals surface area contributed by atoms with Crippen LogP contribution in [0.4, 0.5) is 6.01 Å². The maximum absolute atomic E-state index is 5.51. The molecule has 6 heteroatoms. The molecule has 0 spiro atoms. The van der Waals surface area contributed by atoms with Gasteiger partial charge in [0.2, 0.25) is 5.89 Å². The zero-order chi connectivity index (χ0) is 12.4. The normalized spacial score (nSPS) is 14.9. The van der Waals surface area contributed by atoms with Gasteiger partial charge in [-0.3, -0.25) is 0 Å². The van der Waals surface area contributed by atoms with Crippen molar-refractivity contribution in [3.8, 4) is 0 Å². The second kappa shape index (κ2) is 5.07. The minimum absolute atomic E-state index is 0.496. The van der Waals surface area contributed by atoms with E-state index in [1.807, 2.05) is 0 Å². The summed E-state index contributed by atoms with van der Waals surface area (Å²) in [5.41, 5.74) is 1.29. The molecule has 1 aliphatic rings. The summed E-state index contributed by atoms with van der Waals surface area (Å²) in [6, 6.07) is 3.26. The van der Waals surface area contributed by atoms with Gasteiger partial charge in [0, 0.05) is 10.9 Å². The van der Waals surface area contributed by atoms with Crippen LogP contribution in [0, 0.1) is 6.92 Å². The SMILES string of the molecule is Cc1ccsc1CNc1nnc(CNC2CC2)o1. The van der Waals surface area contributed by atoms with Gasteiger partial charge in [-0.25, -0.2) is 0 Å². The van der Waals surface area contributed by atoms with Crippen molar-refractivity contribution < 1.29 is 4.42 Å². The van der Waals surface area contributed by atoms with Crippen molar-refractivity contribution in [3.63, 3.8) is 0 Å². The number of aryl methyl sites for hydroxylation is 1. The monoisotopic (exact) mass is 264 g/mol. The van der Waals surface area contributed by atoms with Crippen molar-refractivity contribution in [2.45, 2.75) is 38.9 Å². The summed E-state index contributed by atoms with van der Waals surface area (Å²) in [6.45, 7) is 3.50. The van der Waals surface area contributed by atoms with E-state index in [-0.39, 0.29) is 0 Å². The van der Waals surface area contributed by atoms with E-state index in [1.54, 1.807) is 11.3 Å². The molecule has 0 unspecified atom stereocenters. The predicted octanol–water partition coefficient (Wildman–Crippen LogP) is 2.30. The molecule has 2 N–H and O–H groups in total. The summed E-state index contributed by atoms with van der Waals surface area (Å²) in [7, 11) is 0. The fourth-order valence-corrected chi connectivity index (χ4v) is 2.50. The summed E-state index contributed by atoms with van der Waals surface area (Å²) in [5.74, 6) is 0.646. The van der Waals surface area contributed by atoms with Crippen molar-refractivity contribution in [1.82, 2.24) is 15.5 Å². The van der Waals surface area contributed by atoms with Crippen molar-refractivity contribution in [1.29, 1.82) is 0 Å². The summed E-state index contributed by atoms with van der Waals surface area (Å²) in [6.07, 6.45) is 2.52. The Balaban J connectivity index is 1.51. The molecule has 0 radical (unpaired) electrons. The first-order valence-corrected chi connectivity index (χ1v) is 7.02. The zero-order valence-electron chi connectivity index (χ0n) is 10.3. The second-order valence-electron chi connectivity index (χ2n) is 4.54. The molecule has 1 fully saturated rings. The first-order chi connectivity index (χ1) is 8.81. The number of aromatic nitrogens is 2. The highest BCUT2D eigenvalue weighted by molar-refractivity contribution is 7.10. The molecule has 0 bridgehead atoms. The van der Waals surface area contributed by atoms with Gasteiger partial charge in [0.1, 0.15) is 0 Å². The molecule has 96 valence electrons. The number of hydrogen-bond acceptors (Lipinski definition) is 6. The Hall–Kier alpha value is -1.40. The quantitative estimate of drug-likeness (QED) is 0.838. The molecule has 1 saturated carbocycles. The van der Waals surface area contributed by atoms with Crippen LogP contribution in [0.15, 0.2) is 15.9 Å². The lowest BCUT2D eigenvalue weighted by Crippen LogP contribution is -2.15. The molecule has 2 heterocycles. The van der Waals surface area contributed by atoms with Gasteiger partial charge in [0.05, 0.1) is 13.1 Å². The van der Waals surface area contributed by atoms with E-state index in [0.717, 1.165) is 6.54 Å². The minimum Gasteiger partial charge on any atom is -0.407 e. The second-order valence-corrected chi connectivity index (χ2v) is 5.54. The van der Waals surface area contributed by atoms with Crippen LogP contribution in [0.5, 0.6) is 0 Å². The standard InChI is InChI=1S/C12H16N4OS/c1-8-4-5-18-10(8)6-14-12-16-15-11(17-12)7-13-9-2-3-9/h4-5,9,13H,2-3,6-7H2,1H3,(H,14,16). The molecule has 0 amide bonds. The molecular weight excluding hydrogens is 248 g/mol. The highest BCUT2D eigenvalue weighted by atomic mass is 32.1. The van der Waals surface area contributed by atoms with E-state index in [2.05, 4.69) is 39.2 Å². The molecule has 0 saturated heterocycles. The lowest BCUT2D eigenvalue weighted by atomic mass is 10.3. The summed E-state index contributed by atoms with van der Waals surface area (Å²) < 4.78 is 5.51. The van der Waals surface area contributed by atoms with Gasteiger partial charge in [-0.15, -0.1) is 16.4 Å². The molecule has 2 aromatic rings. The van der Waals surface area contributed by atoms with E-state index in [9.17, 15) is 0 Å². The fourth-order valence-electron chi connectivity index (χ4n) is 1.66. The van der Waals surface area contributed by atoms with Crippen molar-refractivity contribution in [3.05, 3.63) is 27.8 Å².